The van der Waals surface area contributed by atoms with Gasteiger partial charge in [0.1, 0.15) is 0 Å². The molecule has 1 aromatic rings. The maximum atomic E-state index is 5.87. The Morgan fingerprint density at radius 2 is 1.90 bits per heavy atom. The molecular formula is C15H25BrN4. The highest BCUT2D eigenvalue weighted by Gasteiger charge is 2.18. The summed E-state index contributed by atoms with van der Waals surface area (Å²) >= 11 is 3.52. The maximum Gasteiger partial charge on any atom is 0.0413 e. The second-order valence-corrected chi connectivity index (χ2v) is 6.52. The average Bonchev–Trinajstić information content (AvgIpc) is 2.45. The van der Waals surface area contributed by atoms with E-state index in [2.05, 4.69) is 62.9 Å². The lowest BCUT2D eigenvalue weighted by atomic mass is 10.1. The minimum absolute atomic E-state index is 0.593. The van der Waals surface area contributed by atoms with E-state index < -0.39 is 0 Å². The molecule has 2 rings (SSSR count). The van der Waals surface area contributed by atoms with Gasteiger partial charge in [-0.1, -0.05) is 15.9 Å². The summed E-state index contributed by atoms with van der Waals surface area (Å²) in [6.45, 7) is 7.32. The predicted octanol–water partition coefficient (Wildman–Crippen LogP) is 1.59. The zero-order valence-electron chi connectivity index (χ0n) is 12.5. The molecular weight excluding hydrogens is 316 g/mol. The summed E-state index contributed by atoms with van der Waals surface area (Å²) in [5.74, 6) is 0. The van der Waals surface area contributed by atoms with Gasteiger partial charge in [-0.25, -0.2) is 0 Å². The molecule has 0 amide bonds. The number of anilines is 1. The van der Waals surface area contributed by atoms with Crippen LogP contribution in [0.15, 0.2) is 22.7 Å². The van der Waals surface area contributed by atoms with Crippen molar-refractivity contribution in [3.63, 3.8) is 0 Å². The Morgan fingerprint density at radius 3 is 2.50 bits per heavy atom. The molecule has 0 aromatic heterocycles. The molecule has 4 nitrogen and oxygen atoms in total. The zero-order valence-corrected chi connectivity index (χ0v) is 14.1. The molecule has 1 fully saturated rings. The van der Waals surface area contributed by atoms with Gasteiger partial charge < -0.3 is 15.5 Å². The Morgan fingerprint density at radius 1 is 1.20 bits per heavy atom. The third kappa shape index (κ3) is 4.19. The van der Waals surface area contributed by atoms with Crippen LogP contribution in [0.4, 0.5) is 5.69 Å². The van der Waals surface area contributed by atoms with E-state index in [9.17, 15) is 0 Å². The van der Waals surface area contributed by atoms with Gasteiger partial charge in [-0.3, -0.25) is 4.90 Å². The van der Waals surface area contributed by atoms with Crippen molar-refractivity contribution in [2.24, 2.45) is 5.73 Å². The lowest BCUT2D eigenvalue weighted by molar-refractivity contribution is 0.229. The summed E-state index contributed by atoms with van der Waals surface area (Å²) in [6.07, 6.45) is 0. The van der Waals surface area contributed by atoms with Crippen LogP contribution >= 0.6 is 15.9 Å². The Hall–Kier alpha value is -0.620. The van der Waals surface area contributed by atoms with Crippen LogP contribution in [0, 0.1) is 0 Å². The standard InChI is InChI=1S/C15H25BrN4/c1-18(2)5-6-19-7-9-20(10-8-19)15-4-3-14(16)11-13(15)12-17/h3-4,11H,5-10,12,17H2,1-2H3. The van der Waals surface area contributed by atoms with Crippen molar-refractivity contribution in [2.45, 2.75) is 6.54 Å². The molecule has 0 atom stereocenters. The molecule has 1 aliphatic heterocycles. The van der Waals surface area contributed by atoms with Crippen LogP contribution in [0.5, 0.6) is 0 Å². The van der Waals surface area contributed by atoms with Crippen molar-refractivity contribution >= 4 is 21.6 Å². The van der Waals surface area contributed by atoms with Gasteiger partial charge in [0.25, 0.3) is 0 Å². The lowest BCUT2D eigenvalue weighted by Gasteiger charge is -2.37. The van der Waals surface area contributed by atoms with Gasteiger partial charge in [0.2, 0.25) is 0 Å². The van der Waals surface area contributed by atoms with Crippen LogP contribution in [0.1, 0.15) is 5.56 Å². The minimum atomic E-state index is 0.593. The number of nitrogens with zero attached hydrogens (tertiary/aromatic N) is 3. The highest BCUT2D eigenvalue weighted by atomic mass is 79.9. The van der Waals surface area contributed by atoms with E-state index in [-0.39, 0.29) is 0 Å². The van der Waals surface area contributed by atoms with Gasteiger partial charge in [-0.15, -0.1) is 0 Å². The second-order valence-electron chi connectivity index (χ2n) is 5.61. The largest absolute Gasteiger partial charge is 0.369 e. The van der Waals surface area contributed by atoms with Crippen molar-refractivity contribution in [2.75, 3.05) is 58.3 Å². The molecule has 0 bridgehead atoms. The van der Waals surface area contributed by atoms with Crippen LogP contribution < -0.4 is 10.6 Å². The number of likely N-dealkylation sites (N-methyl/N-ethyl adjacent to an activating group) is 1. The number of hydrogen-bond acceptors (Lipinski definition) is 4. The van der Waals surface area contributed by atoms with E-state index >= 15 is 0 Å². The number of benzene rings is 1. The third-order valence-corrected chi connectivity index (χ3v) is 4.33. The molecule has 1 saturated heterocycles. The Kier molecular flexibility index (Phi) is 5.84. The van der Waals surface area contributed by atoms with Gasteiger partial charge in [0.15, 0.2) is 0 Å². The Bertz CT molecular complexity index is 428. The van der Waals surface area contributed by atoms with Crippen molar-refractivity contribution in [3.05, 3.63) is 28.2 Å². The highest BCUT2D eigenvalue weighted by molar-refractivity contribution is 9.10. The van der Waals surface area contributed by atoms with E-state index in [1.165, 1.54) is 11.3 Å². The molecule has 1 aliphatic rings. The molecule has 2 N–H and O–H groups in total. The quantitative estimate of drug-likeness (QED) is 0.882. The summed E-state index contributed by atoms with van der Waals surface area (Å²) in [5, 5.41) is 0. The predicted molar refractivity (Wildman–Crippen MR) is 89.2 cm³/mol. The van der Waals surface area contributed by atoms with Crippen molar-refractivity contribution < 1.29 is 0 Å². The summed E-state index contributed by atoms with van der Waals surface area (Å²) in [7, 11) is 4.26. The number of piperazine rings is 1. The van der Waals surface area contributed by atoms with Gasteiger partial charge in [-0.2, -0.15) is 0 Å². The number of rotatable bonds is 5. The monoisotopic (exact) mass is 340 g/mol. The van der Waals surface area contributed by atoms with Gasteiger partial charge in [0.05, 0.1) is 0 Å². The first-order valence-corrected chi connectivity index (χ1v) is 8.00. The SMILES string of the molecule is CN(C)CCN1CCN(c2ccc(Br)cc2CN)CC1. The number of nitrogens with two attached hydrogens (primary N) is 1. The summed E-state index contributed by atoms with van der Waals surface area (Å²) in [5.41, 5.74) is 8.39. The first-order valence-electron chi connectivity index (χ1n) is 7.20. The van der Waals surface area contributed by atoms with Crippen LogP contribution in [-0.2, 0) is 6.54 Å². The molecule has 0 aliphatic carbocycles. The van der Waals surface area contributed by atoms with E-state index in [0.717, 1.165) is 43.7 Å². The molecule has 1 aromatic carbocycles. The first kappa shape index (κ1) is 15.8. The van der Waals surface area contributed by atoms with Gasteiger partial charge >= 0.3 is 0 Å². The molecule has 0 saturated carbocycles. The van der Waals surface area contributed by atoms with Crippen LogP contribution in [0.2, 0.25) is 0 Å². The summed E-state index contributed by atoms with van der Waals surface area (Å²) < 4.78 is 1.10. The van der Waals surface area contributed by atoms with Gasteiger partial charge in [0, 0.05) is 56.0 Å². The topological polar surface area (TPSA) is 35.7 Å². The number of hydrogen-bond donors (Lipinski definition) is 1. The molecule has 0 radical (unpaired) electrons. The molecule has 1 heterocycles. The van der Waals surface area contributed by atoms with Crippen molar-refractivity contribution in [1.82, 2.24) is 9.80 Å². The maximum absolute atomic E-state index is 5.87. The van der Waals surface area contributed by atoms with E-state index in [1.807, 2.05) is 0 Å². The molecule has 20 heavy (non-hydrogen) atoms. The highest BCUT2D eigenvalue weighted by Crippen LogP contribution is 2.25. The lowest BCUT2D eigenvalue weighted by Crippen LogP contribution is -2.48. The molecule has 0 unspecified atom stereocenters. The van der Waals surface area contributed by atoms with Crippen LogP contribution in [0.3, 0.4) is 0 Å². The van der Waals surface area contributed by atoms with E-state index in [1.54, 1.807) is 0 Å². The smallest absolute Gasteiger partial charge is 0.0413 e. The fraction of sp³-hybridized carbons (Fsp3) is 0.600. The van der Waals surface area contributed by atoms with Crippen molar-refractivity contribution in [1.29, 1.82) is 0 Å². The summed E-state index contributed by atoms with van der Waals surface area (Å²) in [4.78, 5) is 7.24. The minimum Gasteiger partial charge on any atom is -0.369 e. The normalized spacial score (nSPS) is 16.9. The Labute approximate surface area is 130 Å². The number of halogens is 1. The van der Waals surface area contributed by atoms with Gasteiger partial charge in [-0.05, 0) is 37.9 Å². The van der Waals surface area contributed by atoms with E-state index in [4.69, 9.17) is 5.73 Å². The van der Waals surface area contributed by atoms with E-state index in [0.29, 0.717) is 6.54 Å². The zero-order chi connectivity index (χ0) is 14.5. The van der Waals surface area contributed by atoms with Crippen LogP contribution in [-0.4, -0.2) is 63.2 Å². The first-order chi connectivity index (χ1) is 9.60. The van der Waals surface area contributed by atoms with Crippen LogP contribution in [0.25, 0.3) is 0 Å². The Balaban J connectivity index is 1.93. The second kappa shape index (κ2) is 7.41. The molecule has 0 spiro atoms. The third-order valence-electron chi connectivity index (χ3n) is 3.84. The average molecular weight is 341 g/mol. The fourth-order valence-electron chi connectivity index (χ4n) is 2.58. The molecule has 112 valence electrons. The summed E-state index contributed by atoms with van der Waals surface area (Å²) in [6, 6.07) is 6.42. The molecule has 5 heteroatoms. The fourth-order valence-corrected chi connectivity index (χ4v) is 2.99. The van der Waals surface area contributed by atoms with Crippen molar-refractivity contribution in [3.8, 4) is 0 Å².